The summed E-state index contributed by atoms with van der Waals surface area (Å²) in [6, 6.07) is 9.88. The molecule has 2 heterocycles. The van der Waals surface area contributed by atoms with Crippen molar-refractivity contribution >= 4 is 33.9 Å². The number of nitrogens with two attached hydrogens (primary N) is 1. The van der Waals surface area contributed by atoms with Crippen molar-refractivity contribution in [2.45, 2.75) is 13.3 Å². The summed E-state index contributed by atoms with van der Waals surface area (Å²) in [4.78, 5) is 12.8. The molecule has 4 N–H and O–H groups in total. The largest absolute Gasteiger partial charge is 0.393 e. The molecule has 3 rings (SSSR count). The summed E-state index contributed by atoms with van der Waals surface area (Å²) in [7, 11) is 0. The van der Waals surface area contributed by atoms with Gasteiger partial charge in [0.1, 0.15) is 12.0 Å². The standard InChI is InChI=1S/C16H18N6/c1-2-8-19-15-13(17)16(21-10-20-15)22-12-7-3-5-11-6-4-9-18-14(11)12/h3-7,9-10H,2,8,17H2,1H3,(H2,19,20,21,22). The third-order valence-corrected chi connectivity index (χ3v) is 3.31. The van der Waals surface area contributed by atoms with Gasteiger partial charge in [0.2, 0.25) is 0 Å². The minimum atomic E-state index is 0.504. The Hall–Kier alpha value is -2.89. The molecule has 2 aromatic heterocycles. The second kappa shape index (κ2) is 6.26. The highest BCUT2D eigenvalue weighted by Crippen LogP contribution is 2.28. The zero-order chi connectivity index (χ0) is 15.4. The van der Waals surface area contributed by atoms with Crippen LogP contribution in [0.5, 0.6) is 0 Å². The molecule has 0 radical (unpaired) electrons. The summed E-state index contributed by atoms with van der Waals surface area (Å²) in [6.45, 7) is 2.90. The van der Waals surface area contributed by atoms with E-state index in [2.05, 4.69) is 32.5 Å². The third kappa shape index (κ3) is 2.76. The maximum atomic E-state index is 6.15. The van der Waals surface area contributed by atoms with Gasteiger partial charge in [0.15, 0.2) is 11.6 Å². The first-order valence-corrected chi connectivity index (χ1v) is 7.24. The summed E-state index contributed by atoms with van der Waals surface area (Å²) in [6.07, 6.45) is 4.26. The predicted octanol–water partition coefficient (Wildman–Crippen LogP) is 3.17. The lowest BCUT2D eigenvalue weighted by atomic mass is 10.2. The first-order chi connectivity index (χ1) is 10.8. The number of rotatable bonds is 5. The molecule has 1 aromatic carbocycles. The van der Waals surface area contributed by atoms with E-state index in [1.807, 2.05) is 30.3 Å². The first kappa shape index (κ1) is 14.1. The van der Waals surface area contributed by atoms with Crippen molar-refractivity contribution in [1.29, 1.82) is 0 Å². The summed E-state index contributed by atoms with van der Waals surface area (Å²) in [5.41, 5.74) is 8.40. The van der Waals surface area contributed by atoms with Crippen molar-refractivity contribution < 1.29 is 0 Å². The van der Waals surface area contributed by atoms with Gasteiger partial charge in [-0.05, 0) is 18.6 Å². The van der Waals surface area contributed by atoms with Crippen molar-refractivity contribution in [2.24, 2.45) is 0 Å². The summed E-state index contributed by atoms with van der Waals surface area (Å²) in [5.74, 6) is 1.22. The number of pyridine rings is 1. The number of benzene rings is 1. The molecular weight excluding hydrogens is 276 g/mol. The van der Waals surface area contributed by atoms with Crippen LogP contribution in [-0.2, 0) is 0 Å². The minimum Gasteiger partial charge on any atom is -0.393 e. The van der Waals surface area contributed by atoms with Crippen LogP contribution in [0.1, 0.15) is 13.3 Å². The Balaban J connectivity index is 1.95. The van der Waals surface area contributed by atoms with Gasteiger partial charge in [-0.1, -0.05) is 25.1 Å². The molecule has 0 aliphatic heterocycles. The highest BCUT2D eigenvalue weighted by atomic mass is 15.1. The Bertz CT molecular complexity index is 781. The Morgan fingerprint density at radius 2 is 1.86 bits per heavy atom. The molecule has 0 saturated heterocycles. The zero-order valence-corrected chi connectivity index (χ0v) is 12.4. The quantitative estimate of drug-likeness (QED) is 0.670. The molecule has 0 saturated carbocycles. The highest BCUT2D eigenvalue weighted by molar-refractivity contribution is 5.93. The fourth-order valence-corrected chi connectivity index (χ4v) is 2.21. The van der Waals surface area contributed by atoms with Crippen molar-refractivity contribution in [2.75, 3.05) is 22.9 Å². The molecule has 22 heavy (non-hydrogen) atoms. The van der Waals surface area contributed by atoms with E-state index in [0.717, 1.165) is 29.6 Å². The lowest BCUT2D eigenvalue weighted by Gasteiger charge is -2.13. The number of nitrogens with one attached hydrogen (secondary N) is 2. The Kier molecular flexibility index (Phi) is 4.00. The Labute approximate surface area is 128 Å². The van der Waals surface area contributed by atoms with Gasteiger partial charge in [0.25, 0.3) is 0 Å². The van der Waals surface area contributed by atoms with Crippen LogP contribution in [0.15, 0.2) is 42.9 Å². The van der Waals surface area contributed by atoms with Crippen LogP contribution >= 0.6 is 0 Å². The summed E-state index contributed by atoms with van der Waals surface area (Å²) < 4.78 is 0. The van der Waals surface area contributed by atoms with Gasteiger partial charge in [-0.3, -0.25) is 4.98 Å². The second-order valence-electron chi connectivity index (χ2n) is 4.92. The van der Waals surface area contributed by atoms with Gasteiger partial charge in [0, 0.05) is 18.1 Å². The van der Waals surface area contributed by atoms with E-state index in [9.17, 15) is 0 Å². The van der Waals surface area contributed by atoms with E-state index in [-0.39, 0.29) is 0 Å². The van der Waals surface area contributed by atoms with Crippen molar-refractivity contribution in [3.8, 4) is 0 Å². The van der Waals surface area contributed by atoms with Crippen LogP contribution < -0.4 is 16.4 Å². The van der Waals surface area contributed by atoms with Crippen molar-refractivity contribution in [3.63, 3.8) is 0 Å². The highest BCUT2D eigenvalue weighted by Gasteiger charge is 2.09. The Morgan fingerprint density at radius 1 is 1.05 bits per heavy atom. The average Bonchev–Trinajstić information content (AvgIpc) is 2.56. The van der Waals surface area contributed by atoms with Gasteiger partial charge in [-0.2, -0.15) is 0 Å². The SMILES string of the molecule is CCCNc1ncnc(Nc2cccc3cccnc23)c1N. The summed E-state index contributed by atoms with van der Waals surface area (Å²) in [5, 5.41) is 7.51. The molecule has 0 aliphatic carbocycles. The number of hydrogen-bond donors (Lipinski definition) is 3. The number of fused-ring (bicyclic) bond motifs is 1. The van der Waals surface area contributed by atoms with Gasteiger partial charge in [-0.25, -0.2) is 9.97 Å². The fraction of sp³-hybridized carbons (Fsp3) is 0.188. The van der Waals surface area contributed by atoms with Gasteiger partial charge in [0.05, 0.1) is 11.2 Å². The number of nitrogens with zero attached hydrogens (tertiary/aromatic N) is 3. The van der Waals surface area contributed by atoms with E-state index in [4.69, 9.17) is 5.73 Å². The lowest BCUT2D eigenvalue weighted by Crippen LogP contribution is -2.08. The molecule has 0 spiro atoms. The maximum absolute atomic E-state index is 6.15. The zero-order valence-electron chi connectivity index (χ0n) is 12.4. The normalized spacial score (nSPS) is 10.6. The van der Waals surface area contributed by atoms with E-state index < -0.39 is 0 Å². The van der Waals surface area contributed by atoms with Gasteiger partial charge < -0.3 is 16.4 Å². The number of aromatic nitrogens is 3. The minimum absolute atomic E-state index is 0.504. The number of anilines is 4. The first-order valence-electron chi connectivity index (χ1n) is 7.24. The van der Waals surface area contributed by atoms with Crippen LogP contribution in [0.2, 0.25) is 0 Å². The van der Waals surface area contributed by atoms with Crippen molar-refractivity contribution in [1.82, 2.24) is 15.0 Å². The fourth-order valence-electron chi connectivity index (χ4n) is 2.21. The molecule has 0 aliphatic rings. The van der Waals surface area contributed by atoms with Crippen LogP contribution in [0.4, 0.5) is 23.0 Å². The Morgan fingerprint density at radius 3 is 2.73 bits per heavy atom. The van der Waals surface area contributed by atoms with Crippen LogP contribution in [0.3, 0.4) is 0 Å². The molecular formula is C16H18N6. The predicted molar refractivity (Wildman–Crippen MR) is 90.3 cm³/mol. The molecule has 3 aromatic rings. The van der Waals surface area contributed by atoms with E-state index in [1.54, 1.807) is 6.20 Å². The molecule has 0 bridgehead atoms. The molecule has 0 atom stereocenters. The number of nitrogen functional groups attached to an aromatic ring is 1. The number of hydrogen-bond acceptors (Lipinski definition) is 6. The molecule has 6 nitrogen and oxygen atoms in total. The molecule has 6 heteroatoms. The lowest BCUT2D eigenvalue weighted by molar-refractivity contribution is 0.966. The molecule has 0 amide bonds. The van der Waals surface area contributed by atoms with E-state index >= 15 is 0 Å². The maximum Gasteiger partial charge on any atom is 0.159 e. The van der Waals surface area contributed by atoms with E-state index in [0.29, 0.717) is 17.3 Å². The van der Waals surface area contributed by atoms with Gasteiger partial charge in [-0.15, -0.1) is 0 Å². The van der Waals surface area contributed by atoms with Crippen LogP contribution in [-0.4, -0.2) is 21.5 Å². The van der Waals surface area contributed by atoms with Crippen molar-refractivity contribution in [3.05, 3.63) is 42.9 Å². The second-order valence-corrected chi connectivity index (χ2v) is 4.92. The number of para-hydroxylation sites is 1. The third-order valence-electron chi connectivity index (χ3n) is 3.31. The monoisotopic (exact) mass is 294 g/mol. The molecule has 0 unspecified atom stereocenters. The summed E-state index contributed by atoms with van der Waals surface area (Å²) >= 11 is 0. The smallest absolute Gasteiger partial charge is 0.159 e. The molecule has 112 valence electrons. The topological polar surface area (TPSA) is 88.8 Å². The molecule has 0 fully saturated rings. The van der Waals surface area contributed by atoms with E-state index in [1.165, 1.54) is 6.33 Å². The van der Waals surface area contributed by atoms with Gasteiger partial charge >= 0.3 is 0 Å². The van der Waals surface area contributed by atoms with Crippen LogP contribution in [0.25, 0.3) is 10.9 Å². The van der Waals surface area contributed by atoms with Crippen LogP contribution in [0, 0.1) is 0 Å². The average molecular weight is 294 g/mol.